The summed E-state index contributed by atoms with van der Waals surface area (Å²) in [6.07, 6.45) is 0. The third kappa shape index (κ3) is 6.32. The molecule has 0 aliphatic heterocycles. The van der Waals surface area contributed by atoms with Crippen molar-refractivity contribution in [3.8, 4) is 50.2 Å². The lowest BCUT2D eigenvalue weighted by molar-refractivity contribution is 1.18. The Balaban J connectivity index is 0.963. The molecule has 0 radical (unpaired) electrons. The Kier molecular flexibility index (Phi) is 8.87. The number of hydrogen-bond donors (Lipinski definition) is 0. The van der Waals surface area contributed by atoms with Crippen LogP contribution < -0.4 is 4.90 Å². The van der Waals surface area contributed by atoms with Gasteiger partial charge in [0.25, 0.3) is 0 Å². The van der Waals surface area contributed by atoms with Crippen molar-refractivity contribution >= 4 is 49.6 Å². The molecule has 0 saturated carbocycles. The van der Waals surface area contributed by atoms with Gasteiger partial charge in [0, 0.05) is 33.5 Å². The largest absolute Gasteiger partial charge is 0.311 e. The molecule has 2 heteroatoms. The minimum atomic E-state index is 1.10. The first-order valence-electron chi connectivity index (χ1n) is 20.6. The fourth-order valence-electron chi connectivity index (χ4n) is 8.88. The van der Waals surface area contributed by atoms with Crippen LogP contribution in [0, 0.1) is 0 Å². The molecule has 2 nitrogen and oxygen atoms in total. The Bertz CT molecular complexity index is 3160. The van der Waals surface area contributed by atoms with E-state index in [0.717, 1.165) is 22.7 Å². The third-order valence-corrected chi connectivity index (χ3v) is 11.8. The quantitative estimate of drug-likeness (QED) is 0.150. The van der Waals surface area contributed by atoms with Crippen LogP contribution in [0.2, 0.25) is 0 Å². The minimum absolute atomic E-state index is 1.10. The molecule has 11 aromatic rings. The Labute approximate surface area is 350 Å². The first kappa shape index (κ1) is 35.2. The van der Waals surface area contributed by atoms with Crippen LogP contribution in [-0.4, -0.2) is 4.57 Å². The lowest BCUT2D eigenvalue weighted by Gasteiger charge is -2.26. The van der Waals surface area contributed by atoms with Crippen LogP contribution >= 0.6 is 0 Å². The summed E-state index contributed by atoms with van der Waals surface area (Å²) in [5.41, 5.74) is 16.5. The van der Waals surface area contributed by atoms with Crippen molar-refractivity contribution in [2.24, 2.45) is 0 Å². The smallest absolute Gasteiger partial charge is 0.0547 e. The number of nitrogens with zero attached hydrogens (tertiary/aromatic N) is 2. The summed E-state index contributed by atoms with van der Waals surface area (Å²) in [5, 5.41) is 5.09. The number of aromatic nitrogens is 1. The van der Waals surface area contributed by atoms with Gasteiger partial charge in [-0.2, -0.15) is 0 Å². The molecule has 1 aromatic heterocycles. The van der Waals surface area contributed by atoms with E-state index >= 15 is 0 Å². The van der Waals surface area contributed by atoms with E-state index in [1.54, 1.807) is 0 Å². The van der Waals surface area contributed by atoms with Gasteiger partial charge in [0.15, 0.2) is 0 Å². The van der Waals surface area contributed by atoms with E-state index in [9.17, 15) is 0 Å². The third-order valence-electron chi connectivity index (χ3n) is 11.8. The van der Waals surface area contributed by atoms with Crippen molar-refractivity contribution in [3.63, 3.8) is 0 Å². The average Bonchev–Trinajstić information content (AvgIpc) is 3.68. The van der Waals surface area contributed by atoms with Crippen molar-refractivity contribution in [2.45, 2.75) is 0 Å². The fourth-order valence-corrected chi connectivity index (χ4v) is 8.88. The van der Waals surface area contributed by atoms with Crippen LogP contribution in [0.25, 0.3) is 82.8 Å². The maximum Gasteiger partial charge on any atom is 0.0547 e. The maximum atomic E-state index is 2.43. The van der Waals surface area contributed by atoms with Gasteiger partial charge in [0.1, 0.15) is 0 Å². The summed E-state index contributed by atoms with van der Waals surface area (Å²) < 4.78 is 2.43. The molecular formula is C58H40N2. The highest BCUT2D eigenvalue weighted by molar-refractivity contribution is 6.25. The number of rotatable bonds is 8. The topological polar surface area (TPSA) is 8.17 Å². The molecule has 0 aliphatic rings. The fraction of sp³-hybridized carbons (Fsp3) is 0. The molecule has 11 rings (SSSR count). The molecule has 10 aromatic carbocycles. The van der Waals surface area contributed by atoms with Gasteiger partial charge in [-0.3, -0.25) is 0 Å². The van der Waals surface area contributed by atoms with E-state index in [4.69, 9.17) is 0 Å². The van der Waals surface area contributed by atoms with E-state index in [1.807, 2.05) is 0 Å². The van der Waals surface area contributed by atoms with Crippen LogP contribution in [0.15, 0.2) is 243 Å². The maximum absolute atomic E-state index is 2.43. The lowest BCUT2D eigenvalue weighted by atomic mass is 9.97. The van der Waals surface area contributed by atoms with Crippen molar-refractivity contribution < 1.29 is 0 Å². The van der Waals surface area contributed by atoms with E-state index < -0.39 is 0 Å². The first-order valence-corrected chi connectivity index (χ1v) is 20.6. The predicted octanol–water partition coefficient (Wildman–Crippen LogP) is 16.1. The van der Waals surface area contributed by atoms with Gasteiger partial charge >= 0.3 is 0 Å². The van der Waals surface area contributed by atoms with Crippen LogP contribution in [0.4, 0.5) is 17.1 Å². The zero-order chi connectivity index (χ0) is 39.8. The zero-order valence-corrected chi connectivity index (χ0v) is 33.0. The van der Waals surface area contributed by atoms with E-state index in [2.05, 4.69) is 252 Å². The molecule has 0 aliphatic carbocycles. The molecule has 1 heterocycles. The van der Waals surface area contributed by atoms with Crippen LogP contribution in [0.3, 0.4) is 0 Å². The minimum Gasteiger partial charge on any atom is -0.311 e. The summed E-state index contributed by atoms with van der Waals surface area (Å²) in [6.45, 7) is 0. The van der Waals surface area contributed by atoms with E-state index in [-0.39, 0.29) is 0 Å². The molecule has 60 heavy (non-hydrogen) atoms. The highest BCUT2D eigenvalue weighted by atomic mass is 15.1. The SMILES string of the molecule is c1ccc(-c2ccc(N(c3ccc(-c4ccccc4)cc3)c3ccc(-c4ccc(-n5c6cccc(-c7ccccc7)c6c6c7ccccc7ccc65)cc4)cc3)cc2)cc1. The monoisotopic (exact) mass is 764 g/mol. The van der Waals surface area contributed by atoms with Gasteiger partial charge in [0.05, 0.1) is 11.0 Å². The molecular weight excluding hydrogens is 725 g/mol. The van der Waals surface area contributed by atoms with Crippen molar-refractivity contribution in [1.29, 1.82) is 0 Å². The van der Waals surface area contributed by atoms with Crippen LogP contribution in [0.5, 0.6) is 0 Å². The van der Waals surface area contributed by atoms with E-state index in [1.165, 1.54) is 77.1 Å². The molecule has 0 spiro atoms. The summed E-state index contributed by atoms with van der Waals surface area (Å²) in [5.74, 6) is 0. The van der Waals surface area contributed by atoms with Gasteiger partial charge in [-0.15, -0.1) is 0 Å². The average molecular weight is 765 g/mol. The molecule has 0 amide bonds. The number of anilines is 3. The highest BCUT2D eigenvalue weighted by Gasteiger charge is 2.19. The molecule has 0 atom stereocenters. The van der Waals surface area contributed by atoms with Crippen molar-refractivity contribution in [1.82, 2.24) is 4.57 Å². The molecule has 0 unspecified atom stereocenters. The van der Waals surface area contributed by atoms with Crippen molar-refractivity contribution in [3.05, 3.63) is 243 Å². The predicted molar refractivity (Wildman–Crippen MR) is 255 cm³/mol. The van der Waals surface area contributed by atoms with Crippen LogP contribution in [0.1, 0.15) is 0 Å². The molecule has 0 fully saturated rings. The molecule has 0 bridgehead atoms. The highest BCUT2D eigenvalue weighted by Crippen LogP contribution is 2.42. The lowest BCUT2D eigenvalue weighted by Crippen LogP contribution is -2.09. The van der Waals surface area contributed by atoms with E-state index in [0.29, 0.717) is 0 Å². The Hall–Kier alpha value is -7.94. The molecule has 0 saturated heterocycles. The number of fused-ring (bicyclic) bond motifs is 5. The van der Waals surface area contributed by atoms with Gasteiger partial charge in [0.2, 0.25) is 0 Å². The van der Waals surface area contributed by atoms with Crippen molar-refractivity contribution in [2.75, 3.05) is 4.90 Å². The zero-order valence-electron chi connectivity index (χ0n) is 33.0. The molecule has 0 N–H and O–H groups in total. The van der Waals surface area contributed by atoms with Gasteiger partial charge in [-0.25, -0.2) is 0 Å². The normalized spacial score (nSPS) is 11.3. The second kappa shape index (κ2) is 15.1. The number of benzene rings is 10. The summed E-state index contributed by atoms with van der Waals surface area (Å²) >= 11 is 0. The summed E-state index contributed by atoms with van der Waals surface area (Å²) in [6, 6.07) is 87.7. The first-order chi connectivity index (χ1) is 29.8. The molecule has 282 valence electrons. The summed E-state index contributed by atoms with van der Waals surface area (Å²) in [4.78, 5) is 2.34. The van der Waals surface area contributed by atoms with Gasteiger partial charge in [-0.1, -0.05) is 182 Å². The van der Waals surface area contributed by atoms with Crippen LogP contribution in [-0.2, 0) is 0 Å². The Morgan fingerprint density at radius 2 is 0.683 bits per heavy atom. The second-order valence-electron chi connectivity index (χ2n) is 15.3. The second-order valence-corrected chi connectivity index (χ2v) is 15.3. The standard InChI is InChI=1S/C58H40N2/c1-4-13-41(14-5-1)43-23-32-49(33-24-43)59(50-34-25-44(26-35-50)42-15-6-2-7-16-42)51-36-27-45(28-37-51)46-29-38-52(39-30-46)60-55-22-12-21-54(47-17-8-3-9-18-47)57(55)58-53-20-11-10-19-48(53)31-40-56(58)60/h1-40H. The van der Waals surface area contributed by atoms with Gasteiger partial charge in [-0.05, 0) is 116 Å². The van der Waals surface area contributed by atoms with Gasteiger partial charge < -0.3 is 9.47 Å². The number of hydrogen-bond acceptors (Lipinski definition) is 1. The Morgan fingerprint density at radius 3 is 1.20 bits per heavy atom. The Morgan fingerprint density at radius 1 is 0.267 bits per heavy atom. The summed E-state index contributed by atoms with van der Waals surface area (Å²) in [7, 11) is 0.